The zero-order valence-corrected chi connectivity index (χ0v) is 16.8. The first-order valence-electron chi connectivity index (χ1n) is 9.82. The number of fused-ring (bicyclic) bond motifs is 5. The highest BCUT2D eigenvalue weighted by Gasteiger charge is 2.72. The quantitative estimate of drug-likeness (QED) is 0.459. The summed E-state index contributed by atoms with van der Waals surface area (Å²) in [7, 11) is 0. The van der Waals surface area contributed by atoms with Gasteiger partial charge in [-0.2, -0.15) is 0 Å². The SMILES string of the molecule is C=CC(C)(C)C12CC3(O)C(=O)NC(=Cc4cnc[nH]4)C(=O)N3C1Nc1ccccc12. The summed E-state index contributed by atoms with van der Waals surface area (Å²) in [5.74, 6) is -1.08. The molecule has 3 atom stereocenters. The molecule has 2 aromatic rings. The van der Waals surface area contributed by atoms with Crippen molar-refractivity contribution in [1.82, 2.24) is 20.2 Å². The van der Waals surface area contributed by atoms with Gasteiger partial charge in [-0.15, -0.1) is 6.58 Å². The van der Waals surface area contributed by atoms with E-state index in [0.29, 0.717) is 5.69 Å². The van der Waals surface area contributed by atoms with E-state index < -0.39 is 34.5 Å². The van der Waals surface area contributed by atoms with Crippen molar-refractivity contribution < 1.29 is 14.7 Å². The Hall–Kier alpha value is -3.39. The second kappa shape index (κ2) is 5.82. The van der Waals surface area contributed by atoms with E-state index in [1.807, 2.05) is 44.2 Å². The molecule has 8 nitrogen and oxygen atoms in total. The summed E-state index contributed by atoms with van der Waals surface area (Å²) in [6, 6.07) is 7.78. The normalized spacial score (nSPS) is 31.1. The van der Waals surface area contributed by atoms with Crippen LogP contribution in [0.4, 0.5) is 5.69 Å². The molecule has 3 aliphatic heterocycles. The van der Waals surface area contributed by atoms with E-state index in [1.54, 1.807) is 6.20 Å². The van der Waals surface area contributed by atoms with Crippen LogP contribution in [-0.2, 0) is 15.0 Å². The van der Waals surface area contributed by atoms with Crippen LogP contribution >= 0.6 is 0 Å². The van der Waals surface area contributed by atoms with Gasteiger partial charge in [0.2, 0.25) is 5.72 Å². The predicted molar refractivity (Wildman–Crippen MR) is 111 cm³/mol. The van der Waals surface area contributed by atoms with Crippen molar-refractivity contribution in [2.75, 3.05) is 5.32 Å². The molecule has 2 amide bonds. The van der Waals surface area contributed by atoms with Gasteiger partial charge in [0, 0.05) is 17.5 Å². The Morgan fingerprint density at radius 1 is 1.33 bits per heavy atom. The van der Waals surface area contributed by atoms with Crippen LogP contribution in [0.15, 0.2) is 55.1 Å². The average Bonchev–Trinajstić information content (AvgIpc) is 3.39. The molecular weight excluding hydrogens is 382 g/mol. The molecule has 30 heavy (non-hydrogen) atoms. The van der Waals surface area contributed by atoms with Crippen LogP contribution < -0.4 is 10.6 Å². The molecule has 0 aliphatic carbocycles. The Morgan fingerprint density at radius 3 is 2.80 bits per heavy atom. The number of aromatic amines is 1. The molecule has 5 rings (SSSR count). The van der Waals surface area contributed by atoms with Crippen LogP contribution in [0.2, 0.25) is 0 Å². The zero-order valence-electron chi connectivity index (χ0n) is 16.8. The fourth-order valence-corrected chi connectivity index (χ4v) is 5.17. The maximum atomic E-state index is 13.5. The maximum Gasteiger partial charge on any atom is 0.278 e. The minimum absolute atomic E-state index is 0.0581. The largest absolute Gasteiger partial charge is 0.364 e. The molecular formula is C22H23N5O3. The number of anilines is 1. The lowest BCUT2D eigenvalue weighted by Crippen LogP contribution is -2.66. The first-order valence-corrected chi connectivity index (χ1v) is 9.82. The number of aliphatic hydroxyl groups is 1. The number of hydrogen-bond donors (Lipinski definition) is 4. The van der Waals surface area contributed by atoms with Gasteiger partial charge in [0.05, 0.1) is 18.2 Å². The highest BCUT2D eigenvalue weighted by molar-refractivity contribution is 6.09. The van der Waals surface area contributed by atoms with Gasteiger partial charge < -0.3 is 20.7 Å². The first kappa shape index (κ1) is 18.6. The molecule has 2 saturated heterocycles. The van der Waals surface area contributed by atoms with E-state index >= 15 is 0 Å². The number of benzene rings is 1. The van der Waals surface area contributed by atoms with Crippen LogP contribution in [0.25, 0.3) is 6.08 Å². The summed E-state index contributed by atoms with van der Waals surface area (Å²) in [6.07, 6.45) is 5.83. The van der Waals surface area contributed by atoms with Crippen molar-refractivity contribution >= 4 is 23.6 Å². The predicted octanol–water partition coefficient (Wildman–Crippen LogP) is 1.70. The topological polar surface area (TPSA) is 110 Å². The van der Waals surface area contributed by atoms with Gasteiger partial charge in [0.1, 0.15) is 11.9 Å². The second-order valence-corrected chi connectivity index (χ2v) is 8.68. The van der Waals surface area contributed by atoms with Gasteiger partial charge in [0.25, 0.3) is 11.8 Å². The molecule has 154 valence electrons. The lowest BCUT2D eigenvalue weighted by Gasteiger charge is -2.43. The summed E-state index contributed by atoms with van der Waals surface area (Å²) in [6.45, 7) is 8.04. The Kier molecular flexibility index (Phi) is 3.62. The molecule has 0 radical (unpaired) electrons. The van der Waals surface area contributed by atoms with Crippen molar-refractivity contribution in [2.24, 2.45) is 5.41 Å². The lowest BCUT2D eigenvalue weighted by molar-refractivity contribution is -0.173. The number of rotatable bonds is 3. The van der Waals surface area contributed by atoms with Crippen molar-refractivity contribution in [3.8, 4) is 0 Å². The maximum absolute atomic E-state index is 13.5. The zero-order chi connectivity index (χ0) is 21.3. The van der Waals surface area contributed by atoms with E-state index in [0.717, 1.165) is 11.3 Å². The third kappa shape index (κ3) is 2.11. The van der Waals surface area contributed by atoms with Crippen molar-refractivity contribution in [3.63, 3.8) is 0 Å². The number of piperazine rings is 1. The van der Waals surface area contributed by atoms with Gasteiger partial charge in [0.15, 0.2) is 0 Å². The smallest absolute Gasteiger partial charge is 0.278 e. The summed E-state index contributed by atoms with van der Waals surface area (Å²) in [5.41, 5.74) is -0.745. The van der Waals surface area contributed by atoms with Crippen LogP contribution in [0.5, 0.6) is 0 Å². The number of nitrogens with one attached hydrogen (secondary N) is 3. The summed E-state index contributed by atoms with van der Waals surface area (Å²) >= 11 is 0. The van der Waals surface area contributed by atoms with E-state index in [2.05, 4.69) is 27.2 Å². The number of H-pyrrole nitrogens is 1. The molecule has 2 fully saturated rings. The van der Waals surface area contributed by atoms with Crippen molar-refractivity contribution in [3.05, 3.63) is 66.4 Å². The second-order valence-electron chi connectivity index (χ2n) is 8.68. The van der Waals surface area contributed by atoms with E-state index in [4.69, 9.17) is 0 Å². The van der Waals surface area contributed by atoms with Gasteiger partial charge in [-0.1, -0.05) is 38.1 Å². The fourth-order valence-electron chi connectivity index (χ4n) is 5.17. The third-order valence-corrected chi connectivity index (χ3v) is 6.89. The van der Waals surface area contributed by atoms with Crippen LogP contribution in [0.1, 0.15) is 31.5 Å². The van der Waals surface area contributed by atoms with E-state index in [-0.39, 0.29) is 12.1 Å². The van der Waals surface area contributed by atoms with Gasteiger partial charge in [-0.25, -0.2) is 4.98 Å². The number of carbonyl (C=O) groups excluding carboxylic acids is 2. The first-order chi connectivity index (χ1) is 14.2. The molecule has 0 spiro atoms. The van der Waals surface area contributed by atoms with E-state index in [9.17, 15) is 14.7 Å². The average molecular weight is 405 g/mol. The Labute approximate surface area is 173 Å². The van der Waals surface area contributed by atoms with Crippen LogP contribution in [0.3, 0.4) is 0 Å². The third-order valence-electron chi connectivity index (χ3n) is 6.89. The minimum atomic E-state index is -1.98. The Morgan fingerprint density at radius 2 is 2.10 bits per heavy atom. The molecule has 4 N–H and O–H groups in total. The standard InChI is InChI=1S/C22H23N5O3/c1-4-20(2,3)21-11-22(30)19(29)26-16(9-13-10-23-12-24-13)17(28)27(22)18(21)25-15-8-6-5-7-14(15)21/h4-10,12,18,25,30H,1,11H2,2-3H3,(H,23,24)(H,26,29). The number of para-hydroxylation sites is 1. The molecule has 4 heterocycles. The number of hydrogen-bond acceptors (Lipinski definition) is 5. The number of carbonyl (C=O) groups is 2. The van der Waals surface area contributed by atoms with Crippen LogP contribution in [-0.4, -0.2) is 43.7 Å². The Bertz CT molecular complexity index is 1110. The number of aromatic nitrogens is 2. The molecule has 1 aromatic heterocycles. The van der Waals surface area contributed by atoms with Crippen molar-refractivity contribution in [2.45, 2.75) is 37.6 Å². The van der Waals surface area contributed by atoms with Gasteiger partial charge in [-0.05, 0) is 23.1 Å². The summed E-state index contributed by atoms with van der Waals surface area (Å²) < 4.78 is 0. The highest BCUT2D eigenvalue weighted by atomic mass is 16.3. The molecule has 3 unspecified atom stereocenters. The monoisotopic (exact) mass is 405 g/mol. The minimum Gasteiger partial charge on any atom is -0.364 e. The van der Waals surface area contributed by atoms with Crippen LogP contribution in [0, 0.1) is 5.41 Å². The van der Waals surface area contributed by atoms with Crippen molar-refractivity contribution in [1.29, 1.82) is 0 Å². The number of amides is 2. The molecule has 0 saturated carbocycles. The van der Waals surface area contributed by atoms with Gasteiger partial charge >= 0.3 is 0 Å². The fraction of sp³-hybridized carbons (Fsp3) is 0.318. The Balaban J connectivity index is 1.70. The number of nitrogens with zero attached hydrogens (tertiary/aromatic N) is 2. The summed E-state index contributed by atoms with van der Waals surface area (Å²) in [4.78, 5) is 34.7. The molecule has 8 heteroatoms. The van der Waals surface area contributed by atoms with Gasteiger partial charge in [-0.3, -0.25) is 14.5 Å². The molecule has 0 bridgehead atoms. The molecule has 3 aliphatic rings. The summed E-state index contributed by atoms with van der Waals surface area (Å²) in [5, 5.41) is 17.5. The highest BCUT2D eigenvalue weighted by Crippen LogP contribution is 2.62. The molecule has 1 aromatic carbocycles. The van der Waals surface area contributed by atoms with E-state index in [1.165, 1.54) is 17.3 Å². The number of imidazole rings is 1. The number of allylic oxidation sites excluding steroid dienone is 1. The lowest BCUT2D eigenvalue weighted by atomic mass is 9.60.